The predicted octanol–water partition coefficient (Wildman–Crippen LogP) is 3.60. The average Bonchev–Trinajstić information content (AvgIpc) is 2.86. The molecule has 0 aliphatic carbocycles. The van der Waals surface area contributed by atoms with Crippen molar-refractivity contribution in [3.05, 3.63) is 52.0 Å². The van der Waals surface area contributed by atoms with E-state index in [0.717, 1.165) is 12.0 Å². The predicted molar refractivity (Wildman–Crippen MR) is 60.8 cm³/mol. The zero-order valence-electron chi connectivity index (χ0n) is 8.03. The number of para-hydroxylation sites is 1. The Labute approximate surface area is 91.6 Å². The Morgan fingerprint density at radius 2 is 2.20 bits per heavy atom. The second-order valence-electron chi connectivity index (χ2n) is 3.69. The van der Waals surface area contributed by atoms with E-state index in [4.69, 9.17) is 0 Å². The minimum absolute atomic E-state index is 0.147. The normalized spacial score (nSPS) is 18.6. The summed E-state index contributed by atoms with van der Waals surface area (Å²) < 4.78 is 13.4. The lowest BCUT2D eigenvalue weighted by molar-refractivity contribution is 0.631. The van der Waals surface area contributed by atoms with E-state index < -0.39 is 0 Å². The molecule has 76 valence electrons. The Hall–Kier alpha value is -1.35. The van der Waals surface area contributed by atoms with Gasteiger partial charge in [-0.3, -0.25) is 0 Å². The molecule has 0 amide bonds. The molecule has 15 heavy (non-hydrogen) atoms. The molecule has 2 heterocycles. The summed E-state index contributed by atoms with van der Waals surface area (Å²) in [5, 5.41) is 5.29. The van der Waals surface area contributed by atoms with E-state index in [9.17, 15) is 4.39 Å². The lowest BCUT2D eigenvalue weighted by Gasteiger charge is -2.08. The van der Waals surface area contributed by atoms with Gasteiger partial charge in [0.1, 0.15) is 5.82 Å². The Morgan fingerprint density at radius 1 is 1.27 bits per heavy atom. The van der Waals surface area contributed by atoms with Gasteiger partial charge in [-0.05, 0) is 29.5 Å². The van der Waals surface area contributed by atoms with Crippen molar-refractivity contribution in [2.45, 2.75) is 12.5 Å². The maximum absolute atomic E-state index is 13.4. The minimum Gasteiger partial charge on any atom is -0.374 e. The first-order chi connectivity index (χ1) is 7.34. The monoisotopic (exact) mass is 219 g/mol. The molecule has 0 saturated heterocycles. The van der Waals surface area contributed by atoms with Gasteiger partial charge in [-0.25, -0.2) is 4.39 Å². The van der Waals surface area contributed by atoms with Gasteiger partial charge >= 0.3 is 0 Å². The maximum Gasteiger partial charge on any atom is 0.146 e. The Kier molecular flexibility index (Phi) is 1.99. The molecule has 1 aromatic heterocycles. The van der Waals surface area contributed by atoms with E-state index in [2.05, 4.69) is 16.8 Å². The van der Waals surface area contributed by atoms with Gasteiger partial charge in [0, 0.05) is 4.88 Å². The van der Waals surface area contributed by atoms with E-state index in [-0.39, 0.29) is 11.9 Å². The van der Waals surface area contributed by atoms with Crippen molar-refractivity contribution in [3.8, 4) is 0 Å². The molecule has 0 saturated carbocycles. The Balaban J connectivity index is 1.96. The van der Waals surface area contributed by atoms with Crippen LogP contribution in [-0.4, -0.2) is 0 Å². The van der Waals surface area contributed by atoms with Crippen LogP contribution in [0.3, 0.4) is 0 Å². The van der Waals surface area contributed by atoms with Crippen molar-refractivity contribution in [3.63, 3.8) is 0 Å². The second-order valence-corrected chi connectivity index (χ2v) is 4.67. The third kappa shape index (κ3) is 1.43. The van der Waals surface area contributed by atoms with Gasteiger partial charge in [-0.2, -0.15) is 0 Å². The summed E-state index contributed by atoms with van der Waals surface area (Å²) >= 11 is 1.71. The van der Waals surface area contributed by atoms with Crippen LogP contribution in [0.2, 0.25) is 0 Å². The standard InChI is InChI=1S/C12H10FNS/c13-9-4-1-3-8-7-10(14-12(8)9)11-5-2-6-15-11/h1-6,10,14H,7H2. The van der Waals surface area contributed by atoms with E-state index in [1.165, 1.54) is 10.9 Å². The molecule has 0 spiro atoms. The summed E-state index contributed by atoms with van der Waals surface area (Å²) in [5.74, 6) is -0.147. The molecular weight excluding hydrogens is 209 g/mol. The first-order valence-electron chi connectivity index (χ1n) is 4.92. The number of benzene rings is 1. The second kappa shape index (κ2) is 3.35. The lowest BCUT2D eigenvalue weighted by atomic mass is 10.1. The SMILES string of the molecule is Fc1cccc2c1NC(c1cccs1)C2. The first kappa shape index (κ1) is 8.92. The molecule has 3 heteroatoms. The van der Waals surface area contributed by atoms with Crippen molar-refractivity contribution < 1.29 is 4.39 Å². The number of nitrogens with one attached hydrogen (secondary N) is 1. The zero-order valence-corrected chi connectivity index (χ0v) is 8.85. The topological polar surface area (TPSA) is 12.0 Å². The van der Waals surface area contributed by atoms with Crippen LogP contribution < -0.4 is 5.32 Å². The number of fused-ring (bicyclic) bond motifs is 1. The molecule has 0 bridgehead atoms. The smallest absolute Gasteiger partial charge is 0.146 e. The van der Waals surface area contributed by atoms with E-state index in [0.29, 0.717) is 5.69 Å². The molecule has 1 atom stereocenters. The molecule has 0 fully saturated rings. The van der Waals surface area contributed by atoms with Gasteiger partial charge in [0.15, 0.2) is 0 Å². The van der Waals surface area contributed by atoms with Crippen molar-refractivity contribution in [1.29, 1.82) is 0 Å². The minimum atomic E-state index is -0.147. The Morgan fingerprint density at radius 3 is 2.93 bits per heavy atom. The summed E-state index contributed by atoms with van der Waals surface area (Å²) in [6.07, 6.45) is 0.883. The Bertz CT molecular complexity index is 478. The summed E-state index contributed by atoms with van der Waals surface area (Å²) in [6.45, 7) is 0. The lowest BCUT2D eigenvalue weighted by Crippen LogP contribution is -2.03. The largest absolute Gasteiger partial charge is 0.374 e. The molecule has 3 rings (SSSR count). The van der Waals surface area contributed by atoms with E-state index in [1.807, 2.05) is 12.1 Å². The van der Waals surface area contributed by atoms with Gasteiger partial charge in [0.2, 0.25) is 0 Å². The van der Waals surface area contributed by atoms with Gasteiger partial charge in [-0.1, -0.05) is 18.2 Å². The molecule has 0 radical (unpaired) electrons. The molecular formula is C12H10FNS. The summed E-state index contributed by atoms with van der Waals surface area (Å²) in [6, 6.07) is 9.62. The van der Waals surface area contributed by atoms with Gasteiger partial charge in [0.25, 0.3) is 0 Å². The van der Waals surface area contributed by atoms with Crippen LogP contribution in [-0.2, 0) is 6.42 Å². The fourth-order valence-electron chi connectivity index (χ4n) is 2.01. The molecule has 1 aliphatic rings. The molecule has 2 aromatic rings. The van der Waals surface area contributed by atoms with Crippen LogP contribution in [0.15, 0.2) is 35.7 Å². The average molecular weight is 219 g/mol. The summed E-state index contributed by atoms with van der Waals surface area (Å²) in [4.78, 5) is 1.27. The fraction of sp³-hybridized carbons (Fsp3) is 0.167. The number of thiophene rings is 1. The van der Waals surface area contributed by atoms with E-state index in [1.54, 1.807) is 17.4 Å². The highest BCUT2D eigenvalue weighted by atomic mass is 32.1. The molecule has 1 unspecified atom stereocenters. The van der Waals surface area contributed by atoms with Crippen LogP contribution in [0.5, 0.6) is 0 Å². The van der Waals surface area contributed by atoms with E-state index >= 15 is 0 Å². The van der Waals surface area contributed by atoms with Crippen LogP contribution in [0, 0.1) is 5.82 Å². The number of anilines is 1. The van der Waals surface area contributed by atoms with Crippen molar-refractivity contribution in [2.24, 2.45) is 0 Å². The van der Waals surface area contributed by atoms with Crippen LogP contribution in [0.1, 0.15) is 16.5 Å². The third-order valence-electron chi connectivity index (χ3n) is 2.73. The van der Waals surface area contributed by atoms with Crippen LogP contribution >= 0.6 is 11.3 Å². The molecule has 1 N–H and O–H groups in total. The number of hydrogen-bond donors (Lipinski definition) is 1. The maximum atomic E-state index is 13.4. The first-order valence-corrected chi connectivity index (χ1v) is 5.80. The van der Waals surface area contributed by atoms with Gasteiger partial charge in [0.05, 0.1) is 11.7 Å². The molecule has 1 nitrogen and oxygen atoms in total. The van der Waals surface area contributed by atoms with Crippen molar-refractivity contribution in [1.82, 2.24) is 0 Å². The summed E-state index contributed by atoms with van der Waals surface area (Å²) in [5.41, 5.74) is 1.75. The number of rotatable bonds is 1. The van der Waals surface area contributed by atoms with Crippen molar-refractivity contribution >= 4 is 17.0 Å². The fourth-order valence-corrected chi connectivity index (χ4v) is 2.78. The number of halogens is 1. The van der Waals surface area contributed by atoms with Crippen LogP contribution in [0.25, 0.3) is 0 Å². The highest BCUT2D eigenvalue weighted by Gasteiger charge is 2.24. The third-order valence-corrected chi connectivity index (χ3v) is 3.72. The van der Waals surface area contributed by atoms with Crippen molar-refractivity contribution in [2.75, 3.05) is 5.32 Å². The van der Waals surface area contributed by atoms with Crippen LogP contribution in [0.4, 0.5) is 10.1 Å². The highest BCUT2D eigenvalue weighted by Crippen LogP contribution is 2.37. The molecule has 1 aliphatic heterocycles. The van der Waals surface area contributed by atoms with Gasteiger partial charge in [-0.15, -0.1) is 11.3 Å². The highest BCUT2D eigenvalue weighted by molar-refractivity contribution is 7.10. The number of hydrogen-bond acceptors (Lipinski definition) is 2. The van der Waals surface area contributed by atoms with Gasteiger partial charge < -0.3 is 5.32 Å². The quantitative estimate of drug-likeness (QED) is 0.772. The summed E-state index contributed by atoms with van der Waals surface area (Å²) in [7, 11) is 0. The zero-order chi connectivity index (χ0) is 10.3. The molecule has 1 aromatic carbocycles.